The Labute approximate surface area is 198 Å². The van der Waals surface area contributed by atoms with Crippen molar-refractivity contribution in [2.45, 2.75) is 20.0 Å². The van der Waals surface area contributed by atoms with Crippen LogP contribution in [0.2, 0.25) is 0 Å². The second-order valence-corrected chi connectivity index (χ2v) is 8.67. The van der Waals surface area contributed by atoms with Crippen LogP contribution in [0.5, 0.6) is 0 Å². The first-order valence-electron chi connectivity index (χ1n) is 10.1. The average Bonchev–Trinajstić information content (AvgIpc) is 3.51. The van der Waals surface area contributed by atoms with E-state index in [0.29, 0.717) is 17.0 Å². The fraction of sp³-hybridized carbons (Fsp3) is 0.136. The van der Waals surface area contributed by atoms with E-state index in [2.05, 4.69) is 20.4 Å². The maximum Gasteiger partial charge on any atom is 0.433 e. The van der Waals surface area contributed by atoms with Crippen molar-refractivity contribution in [3.05, 3.63) is 64.2 Å². The van der Waals surface area contributed by atoms with E-state index in [-0.39, 0.29) is 43.3 Å². The molecule has 0 fully saturated rings. The normalized spacial score (nSPS) is 11.9. The van der Waals surface area contributed by atoms with Crippen LogP contribution in [0.1, 0.15) is 37.1 Å². The molecule has 5 heterocycles. The molecule has 0 saturated heterocycles. The topological polar surface area (TPSA) is 128 Å². The standard InChI is InChI=1S/C22H15F3N6O3S/c1-9-6-10(2)31-19(28-9)12(8-27-31)20(33)30-16-15-11(13-4-3-5-34-13)7-14(22(23,24)25)29-21(15)35-17(16)18(26)32/h3-8H,1-2H3,(H2,26,32)(H,30,33). The Hall–Kier alpha value is -4.26. The monoisotopic (exact) mass is 500 g/mol. The maximum atomic E-state index is 13.5. The lowest BCUT2D eigenvalue weighted by molar-refractivity contribution is -0.140. The van der Waals surface area contributed by atoms with Crippen molar-refractivity contribution in [1.82, 2.24) is 19.6 Å². The van der Waals surface area contributed by atoms with Crippen LogP contribution in [0.25, 0.3) is 27.2 Å². The van der Waals surface area contributed by atoms with E-state index in [1.165, 1.54) is 29.1 Å². The first kappa shape index (κ1) is 22.5. The Balaban J connectivity index is 1.72. The van der Waals surface area contributed by atoms with Gasteiger partial charge in [-0.2, -0.15) is 18.3 Å². The number of hydrogen-bond acceptors (Lipinski definition) is 7. The predicted molar refractivity (Wildman–Crippen MR) is 121 cm³/mol. The van der Waals surface area contributed by atoms with Crippen molar-refractivity contribution in [3.8, 4) is 11.3 Å². The number of primary amides is 1. The number of halogens is 3. The molecule has 35 heavy (non-hydrogen) atoms. The summed E-state index contributed by atoms with van der Waals surface area (Å²) in [6.45, 7) is 3.56. The molecule has 0 spiro atoms. The fourth-order valence-electron chi connectivity index (χ4n) is 3.77. The fourth-order valence-corrected chi connectivity index (χ4v) is 4.78. The van der Waals surface area contributed by atoms with Crippen LogP contribution in [-0.2, 0) is 6.18 Å². The van der Waals surface area contributed by atoms with Crippen molar-refractivity contribution in [3.63, 3.8) is 0 Å². The SMILES string of the molecule is Cc1cc(C)n2ncc(C(=O)Nc3c(C(N)=O)sc4nc(C(F)(F)F)cc(-c5ccco5)c34)c2n1. The van der Waals surface area contributed by atoms with Crippen molar-refractivity contribution >= 4 is 44.7 Å². The highest BCUT2D eigenvalue weighted by Gasteiger charge is 2.35. The summed E-state index contributed by atoms with van der Waals surface area (Å²) >= 11 is 0.643. The second-order valence-electron chi connectivity index (χ2n) is 7.67. The van der Waals surface area contributed by atoms with Gasteiger partial charge in [-0.25, -0.2) is 14.5 Å². The molecule has 3 N–H and O–H groups in total. The number of aromatic nitrogens is 4. The molecule has 5 aromatic rings. The molecule has 13 heteroatoms. The third-order valence-corrected chi connectivity index (χ3v) is 6.32. The lowest BCUT2D eigenvalue weighted by atomic mass is 10.1. The molecule has 0 unspecified atom stereocenters. The zero-order valence-electron chi connectivity index (χ0n) is 18.1. The Morgan fingerprint density at radius 3 is 2.63 bits per heavy atom. The molecule has 5 aromatic heterocycles. The number of nitrogens with one attached hydrogen (secondary N) is 1. The van der Waals surface area contributed by atoms with E-state index < -0.39 is 23.7 Å². The highest BCUT2D eigenvalue weighted by atomic mass is 32.1. The van der Waals surface area contributed by atoms with Crippen LogP contribution in [0.3, 0.4) is 0 Å². The van der Waals surface area contributed by atoms with Crippen molar-refractivity contribution in [2.24, 2.45) is 5.73 Å². The molecular formula is C22H15F3N6O3S. The highest BCUT2D eigenvalue weighted by molar-refractivity contribution is 7.21. The molecule has 0 saturated carbocycles. The first-order chi connectivity index (χ1) is 16.5. The summed E-state index contributed by atoms with van der Waals surface area (Å²) in [5.74, 6) is -1.52. The third-order valence-electron chi connectivity index (χ3n) is 5.22. The lowest BCUT2D eigenvalue weighted by Crippen LogP contribution is -2.17. The number of carbonyl (C=O) groups excluding carboxylic acids is 2. The second kappa shape index (κ2) is 7.91. The van der Waals surface area contributed by atoms with Crippen LogP contribution in [-0.4, -0.2) is 31.4 Å². The van der Waals surface area contributed by atoms with Crippen LogP contribution in [0, 0.1) is 13.8 Å². The number of alkyl halides is 3. The lowest BCUT2D eigenvalue weighted by Gasteiger charge is -2.11. The maximum absolute atomic E-state index is 13.5. The Morgan fingerprint density at radius 2 is 1.97 bits per heavy atom. The van der Waals surface area contributed by atoms with Gasteiger partial charge in [0.15, 0.2) is 5.65 Å². The Morgan fingerprint density at radius 1 is 1.20 bits per heavy atom. The minimum atomic E-state index is -4.76. The molecule has 9 nitrogen and oxygen atoms in total. The van der Waals surface area contributed by atoms with Gasteiger partial charge in [-0.15, -0.1) is 11.3 Å². The average molecular weight is 500 g/mol. The zero-order valence-corrected chi connectivity index (χ0v) is 18.9. The molecule has 0 aliphatic carbocycles. The molecule has 5 rings (SSSR count). The van der Waals surface area contributed by atoms with Crippen LogP contribution in [0.4, 0.5) is 18.9 Å². The van der Waals surface area contributed by atoms with Crippen molar-refractivity contribution in [2.75, 3.05) is 5.32 Å². The molecule has 0 aliphatic rings. The van der Waals surface area contributed by atoms with Gasteiger partial charge in [-0.1, -0.05) is 0 Å². The van der Waals surface area contributed by atoms with Crippen molar-refractivity contribution in [1.29, 1.82) is 0 Å². The number of nitrogens with zero attached hydrogens (tertiary/aromatic N) is 4. The smallest absolute Gasteiger partial charge is 0.433 e. The van der Waals surface area contributed by atoms with E-state index in [9.17, 15) is 22.8 Å². The van der Waals surface area contributed by atoms with Gasteiger partial charge in [-0.05, 0) is 38.1 Å². The molecule has 0 radical (unpaired) electrons. The van der Waals surface area contributed by atoms with E-state index in [4.69, 9.17) is 10.2 Å². The summed E-state index contributed by atoms with van der Waals surface area (Å²) in [6, 6.07) is 5.56. The van der Waals surface area contributed by atoms with E-state index >= 15 is 0 Å². The van der Waals surface area contributed by atoms with E-state index in [0.717, 1.165) is 11.8 Å². The summed E-state index contributed by atoms with van der Waals surface area (Å²) in [5, 5.41) is 6.90. The molecule has 178 valence electrons. The van der Waals surface area contributed by atoms with E-state index in [1.807, 2.05) is 0 Å². The number of pyridine rings is 1. The van der Waals surface area contributed by atoms with Gasteiger partial charge < -0.3 is 15.5 Å². The Kier molecular flexibility index (Phi) is 5.09. The third kappa shape index (κ3) is 3.79. The number of rotatable bonds is 4. The number of carbonyl (C=O) groups is 2. The minimum absolute atomic E-state index is 0.00365. The van der Waals surface area contributed by atoms with Gasteiger partial charge >= 0.3 is 6.18 Å². The minimum Gasteiger partial charge on any atom is -0.464 e. The molecule has 0 aromatic carbocycles. The highest BCUT2D eigenvalue weighted by Crippen LogP contribution is 2.43. The van der Waals surface area contributed by atoms with Gasteiger partial charge in [0.25, 0.3) is 11.8 Å². The van der Waals surface area contributed by atoms with Crippen LogP contribution >= 0.6 is 11.3 Å². The molecule has 2 amide bonds. The molecule has 0 bridgehead atoms. The van der Waals surface area contributed by atoms with Gasteiger partial charge in [0, 0.05) is 22.3 Å². The number of anilines is 1. The number of fused-ring (bicyclic) bond motifs is 2. The van der Waals surface area contributed by atoms with Crippen LogP contribution < -0.4 is 11.1 Å². The summed E-state index contributed by atoms with van der Waals surface area (Å²) in [6.07, 6.45) is -2.14. The molecular weight excluding hydrogens is 485 g/mol. The summed E-state index contributed by atoms with van der Waals surface area (Å²) < 4.78 is 47.5. The van der Waals surface area contributed by atoms with Gasteiger partial charge in [-0.3, -0.25) is 9.59 Å². The quantitative estimate of drug-likeness (QED) is 0.372. The van der Waals surface area contributed by atoms with Gasteiger partial charge in [0.2, 0.25) is 0 Å². The van der Waals surface area contributed by atoms with Gasteiger partial charge in [0.1, 0.15) is 26.7 Å². The molecule has 0 aliphatic heterocycles. The predicted octanol–water partition coefficient (Wildman–Crippen LogP) is 4.59. The molecule has 0 atom stereocenters. The number of aryl methyl sites for hydroxylation is 2. The number of amides is 2. The number of hydrogen-bond donors (Lipinski definition) is 2. The zero-order chi connectivity index (χ0) is 25.1. The largest absolute Gasteiger partial charge is 0.464 e. The summed E-state index contributed by atoms with van der Waals surface area (Å²) in [5.41, 5.74) is 6.05. The van der Waals surface area contributed by atoms with Gasteiger partial charge in [0.05, 0.1) is 18.1 Å². The number of nitrogens with two attached hydrogens (primary N) is 1. The van der Waals surface area contributed by atoms with Crippen LogP contribution in [0.15, 0.2) is 41.1 Å². The number of thiophene rings is 1. The number of furan rings is 1. The van der Waals surface area contributed by atoms with Crippen molar-refractivity contribution < 1.29 is 27.2 Å². The summed E-state index contributed by atoms with van der Waals surface area (Å²) in [7, 11) is 0. The first-order valence-corrected chi connectivity index (χ1v) is 10.9. The summed E-state index contributed by atoms with van der Waals surface area (Å²) in [4.78, 5) is 33.2. The van der Waals surface area contributed by atoms with E-state index in [1.54, 1.807) is 19.9 Å². The Bertz CT molecular complexity index is 1640.